The average molecular weight is 343 g/mol. The van der Waals surface area contributed by atoms with Crippen LogP contribution in [0.5, 0.6) is 0 Å². The first kappa shape index (κ1) is 15.5. The van der Waals surface area contributed by atoms with Gasteiger partial charge in [0.05, 0.1) is 5.92 Å². The number of fused-ring (bicyclic) bond motifs is 2. The number of hydrogen-bond acceptors (Lipinski definition) is 2. The van der Waals surface area contributed by atoms with Gasteiger partial charge in [0.25, 0.3) is 0 Å². The fraction of sp³-hybridized carbons (Fsp3) is 0.957. The van der Waals surface area contributed by atoms with Gasteiger partial charge in [0.15, 0.2) is 0 Å². The number of rotatable bonds is 4. The zero-order chi connectivity index (χ0) is 17.3. The van der Waals surface area contributed by atoms with Gasteiger partial charge in [-0.2, -0.15) is 0 Å². The molecule has 0 saturated heterocycles. The van der Waals surface area contributed by atoms with Crippen LogP contribution in [0.3, 0.4) is 0 Å². The fourth-order valence-corrected chi connectivity index (χ4v) is 10.1. The lowest BCUT2D eigenvalue weighted by Gasteiger charge is -2.91. The number of carbonyl (C=O) groups excluding carboxylic acids is 1. The van der Waals surface area contributed by atoms with Crippen molar-refractivity contribution in [2.45, 2.75) is 71.8 Å². The van der Waals surface area contributed by atoms with E-state index in [2.05, 4.69) is 27.7 Å². The SMILES string of the molecule is CCC1(OC(=O)C2CC3CC2C(C)C3C(C)C)C2CC3CC4CC1C342. The van der Waals surface area contributed by atoms with Gasteiger partial charge in [-0.15, -0.1) is 0 Å². The zero-order valence-electron chi connectivity index (χ0n) is 16.3. The average Bonchev–Trinajstić information content (AvgIpc) is 3.06. The summed E-state index contributed by atoms with van der Waals surface area (Å²) in [5.41, 5.74) is 0.633. The molecule has 0 amide bonds. The first-order valence-corrected chi connectivity index (χ1v) is 11.2. The second-order valence-corrected chi connectivity index (χ2v) is 11.1. The zero-order valence-corrected chi connectivity index (χ0v) is 16.3. The first-order chi connectivity index (χ1) is 11.9. The molecule has 1 spiro atoms. The van der Waals surface area contributed by atoms with Crippen molar-refractivity contribution < 1.29 is 9.53 Å². The van der Waals surface area contributed by atoms with E-state index < -0.39 is 0 Å². The van der Waals surface area contributed by atoms with Crippen molar-refractivity contribution in [2.75, 3.05) is 0 Å². The maximum absolute atomic E-state index is 13.2. The third-order valence-corrected chi connectivity index (χ3v) is 10.8. The molecule has 2 bridgehead atoms. The molecule has 6 rings (SSSR count). The summed E-state index contributed by atoms with van der Waals surface area (Å²) in [5, 5.41) is 0. The van der Waals surface area contributed by atoms with E-state index in [1.165, 1.54) is 25.7 Å². The molecule has 2 nitrogen and oxygen atoms in total. The van der Waals surface area contributed by atoms with Crippen LogP contribution >= 0.6 is 0 Å². The van der Waals surface area contributed by atoms with Gasteiger partial charge in [0.2, 0.25) is 0 Å². The Morgan fingerprint density at radius 2 is 1.76 bits per heavy atom. The van der Waals surface area contributed by atoms with Gasteiger partial charge in [0, 0.05) is 11.8 Å². The Hall–Kier alpha value is -0.530. The third kappa shape index (κ3) is 1.41. The predicted octanol–water partition coefficient (Wildman–Crippen LogP) is 4.92. The Bertz CT molecular complexity index is 612. The Kier molecular flexibility index (Phi) is 2.78. The summed E-state index contributed by atoms with van der Waals surface area (Å²) in [6, 6.07) is 0. The van der Waals surface area contributed by atoms with E-state index in [0.717, 1.165) is 54.3 Å². The normalized spacial score (nSPS) is 62.2. The maximum atomic E-state index is 13.2. The summed E-state index contributed by atoms with van der Waals surface area (Å²) in [7, 11) is 0. The molecule has 138 valence electrons. The highest BCUT2D eigenvalue weighted by Gasteiger charge is 2.90. The van der Waals surface area contributed by atoms with Gasteiger partial charge >= 0.3 is 5.97 Å². The molecule has 0 aromatic rings. The van der Waals surface area contributed by atoms with Crippen molar-refractivity contribution in [2.24, 2.45) is 64.6 Å². The van der Waals surface area contributed by atoms with E-state index in [1.807, 2.05) is 0 Å². The molecule has 2 heteroatoms. The summed E-state index contributed by atoms with van der Waals surface area (Å²) < 4.78 is 6.50. The van der Waals surface area contributed by atoms with Crippen LogP contribution in [0.4, 0.5) is 0 Å². The third-order valence-electron chi connectivity index (χ3n) is 10.8. The molecule has 0 aromatic heterocycles. The molecule has 6 aliphatic carbocycles. The monoisotopic (exact) mass is 342 g/mol. The summed E-state index contributed by atoms with van der Waals surface area (Å²) in [6.07, 6.45) is 7.65. The molecule has 6 fully saturated rings. The standard InChI is InChI=1S/C23H34O2/c1-5-22(18-9-14-8-15-10-19(22)23(14,15)18)25-21(24)17-7-13-6-16(17)12(4)20(13)11(2)3/h11-20H,5-10H2,1-4H3. The molecule has 0 aliphatic heterocycles. The van der Waals surface area contributed by atoms with Crippen molar-refractivity contribution in [1.82, 2.24) is 0 Å². The van der Waals surface area contributed by atoms with E-state index in [9.17, 15) is 4.79 Å². The maximum Gasteiger partial charge on any atom is 0.309 e. The van der Waals surface area contributed by atoms with E-state index >= 15 is 0 Å². The highest BCUT2D eigenvalue weighted by molar-refractivity contribution is 5.74. The van der Waals surface area contributed by atoms with Crippen LogP contribution in [0.15, 0.2) is 0 Å². The van der Waals surface area contributed by atoms with Gasteiger partial charge < -0.3 is 4.74 Å². The van der Waals surface area contributed by atoms with Gasteiger partial charge in [0.1, 0.15) is 5.60 Å². The largest absolute Gasteiger partial charge is 0.458 e. The van der Waals surface area contributed by atoms with Crippen LogP contribution in [-0.4, -0.2) is 11.6 Å². The van der Waals surface area contributed by atoms with Gasteiger partial charge in [-0.1, -0.05) is 27.7 Å². The van der Waals surface area contributed by atoms with Gasteiger partial charge in [-0.25, -0.2) is 0 Å². The Morgan fingerprint density at radius 3 is 2.28 bits per heavy atom. The minimum Gasteiger partial charge on any atom is -0.458 e. The van der Waals surface area contributed by atoms with Crippen molar-refractivity contribution in [3.8, 4) is 0 Å². The summed E-state index contributed by atoms with van der Waals surface area (Å²) >= 11 is 0. The number of carbonyl (C=O) groups is 1. The molecule has 0 radical (unpaired) electrons. The van der Waals surface area contributed by atoms with Crippen LogP contribution in [0, 0.1) is 64.6 Å². The van der Waals surface area contributed by atoms with E-state index in [4.69, 9.17) is 4.74 Å². The van der Waals surface area contributed by atoms with Crippen LogP contribution in [0.1, 0.15) is 66.2 Å². The van der Waals surface area contributed by atoms with E-state index in [-0.39, 0.29) is 17.5 Å². The first-order valence-electron chi connectivity index (χ1n) is 11.2. The minimum atomic E-state index is -0.0486. The highest BCUT2D eigenvalue weighted by Crippen LogP contribution is 2.91. The molecular weight excluding hydrogens is 308 g/mol. The van der Waals surface area contributed by atoms with Crippen molar-refractivity contribution in [3.05, 3.63) is 0 Å². The van der Waals surface area contributed by atoms with Crippen LogP contribution in [-0.2, 0) is 9.53 Å². The second kappa shape index (κ2) is 4.47. The molecule has 0 heterocycles. The molecular formula is C23H34O2. The molecule has 6 aliphatic rings. The lowest BCUT2D eigenvalue weighted by molar-refractivity contribution is -0.460. The van der Waals surface area contributed by atoms with E-state index in [0.29, 0.717) is 17.3 Å². The lowest BCUT2D eigenvalue weighted by Crippen LogP contribution is -2.90. The topological polar surface area (TPSA) is 26.3 Å². The fourth-order valence-electron chi connectivity index (χ4n) is 10.1. The number of ether oxygens (including phenoxy) is 1. The molecule has 6 saturated carbocycles. The summed E-state index contributed by atoms with van der Waals surface area (Å²) in [5.74, 6) is 7.55. The molecule has 9 unspecified atom stereocenters. The van der Waals surface area contributed by atoms with Gasteiger partial charge in [-0.05, 0) is 85.4 Å². The lowest BCUT2D eigenvalue weighted by atomic mass is 9.14. The quantitative estimate of drug-likeness (QED) is 0.678. The van der Waals surface area contributed by atoms with Crippen LogP contribution < -0.4 is 0 Å². The number of hydrogen-bond donors (Lipinski definition) is 0. The van der Waals surface area contributed by atoms with Gasteiger partial charge in [-0.3, -0.25) is 4.79 Å². The van der Waals surface area contributed by atoms with E-state index in [1.54, 1.807) is 0 Å². The highest BCUT2D eigenvalue weighted by atomic mass is 16.6. The second-order valence-electron chi connectivity index (χ2n) is 11.1. The van der Waals surface area contributed by atoms with Crippen molar-refractivity contribution in [1.29, 1.82) is 0 Å². The summed E-state index contributed by atoms with van der Waals surface area (Å²) in [4.78, 5) is 13.2. The smallest absolute Gasteiger partial charge is 0.309 e. The van der Waals surface area contributed by atoms with Crippen molar-refractivity contribution in [3.63, 3.8) is 0 Å². The Morgan fingerprint density at radius 1 is 1.08 bits per heavy atom. The Labute approximate surface area is 152 Å². The predicted molar refractivity (Wildman–Crippen MR) is 96.6 cm³/mol. The van der Waals surface area contributed by atoms with Crippen LogP contribution in [0.2, 0.25) is 0 Å². The van der Waals surface area contributed by atoms with Crippen LogP contribution in [0.25, 0.3) is 0 Å². The Balaban J connectivity index is 1.19. The molecule has 25 heavy (non-hydrogen) atoms. The molecule has 0 aromatic carbocycles. The molecule has 0 N–H and O–H groups in total. The van der Waals surface area contributed by atoms with Crippen molar-refractivity contribution >= 4 is 5.97 Å². The summed E-state index contributed by atoms with van der Waals surface area (Å²) in [6.45, 7) is 9.42. The minimum absolute atomic E-state index is 0.0486. The molecule has 9 atom stereocenters. The number of esters is 1.